The SMILES string of the molecule is Cc1cccc(OC(C)C(=O)NNC(=O)c2ccc(Br)c(F)c2)c1C. The van der Waals surface area contributed by atoms with Crippen LogP contribution >= 0.6 is 15.9 Å². The summed E-state index contributed by atoms with van der Waals surface area (Å²) in [4.78, 5) is 24.0. The van der Waals surface area contributed by atoms with Crippen molar-refractivity contribution in [3.8, 4) is 5.75 Å². The first kappa shape index (κ1) is 18.9. The Morgan fingerprint density at radius 3 is 2.56 bits per heavy atom. The van der Waals surface area contributed by atoms with Crippen molar-refractivity contribution in [3.05, 3.63) is 63.4 Å². The number of carbonyl (C=O) groups is 2. The minimum atomic E-state index is -0.817. The van der Waals surface area contributed by atoms with Gasteiger partial charge in [0.1, 0.15) is 11.6 Å². The van der Waals surface area contributed by atoms with Gasteiger partial charge in [0.05, 0.1) is 4.47 Å². The smallest absolute Gasteiger partial charge is 0.279 e. The number of aryl methyl sites for hydroxylation is 1. The fourth-order valence-corrected chi connectivity index (χ4v) is 2.27. The van der Waals surface area contributed by atoms with Gasteiger partial charge >= 0.3 is 0 Å². The first-order valence-electron chi connectivity index (χ1n) is 7.57. The van der Waals surface area contributed by atoms with Crippen molar-refractivity contribution >= 4 is 27.7 Å². The highest BCUT2D eigenvalue weighted by Crippen LogP contribution is 2.21. The molecule has 2 aromatic carbocycles. The number of carbonyl (C=O) groups excluding carboxylic acids is 2. The third kappa shape index (κ3) is 4.79. The summed E-state index contributed by atoms with van der Waals surface area (Å²) in [5.41, 5.74) is 6.59. The Morgan fingerprint density at radius 2 is 1.88 bits per heavy atom. The lowest BCUT2D eigenvalue weighted by Crippen LogP contribution is -2.47. The molecule has 0 aliphatic carbocycles. The molecule has 0 aliphatic heterocycles. The van der Waals surface area contributed by atoms with Gasteiger partial charge in [-0.15, -0.1) is 0 Å². The normalized spacial score (nSPS) is 11.6. The van der Waals surface area contributed by atoms with Gasteiger partial charge in [0.2, 0.25) is 0 Å². The van der Waals surface area contributed by atoms with Gasteiger partial charge in [-0.3, -0.25) is 20.4 Å². The van der Waals surface area contributed by atoms with Crippen molar-refractivity contribution in [1.29, 1.82) is 0 Å². The second-order valence-corrected chi connectivity index (χ2v) is 6.38. The van der Waals surface area contributed by atoms with Crippen molar-refractivity contribution in [2.75, 3.05) is 0 Å². The molecule has 25 heavy (non-hydrogen) atoms. The van der Waals surface area contributed by atoms with Gasteiger partial charge in [-0.25, -0.2) is 4.39 Å². The maximum absolute atomic E-state index is 13.4. The van der Waals surface area contributed by atoms with E-state index in [9.17, 15) is 14.0 Å². The van der Waals surface area contributed by atoms with Gasteiger partial charge in [-0.05, 0) is 72.1 Å². The molecule has 2 rings (SSSR count). The molecule has 0 aliphatic rings. The maximum Gasteiger partial charge on any atom is 0.279 e. The molecule has 0 radical (unpaired) electrons. The van der Waals surface area contributed by atoms with E-state index in [0.717, 1.165) is 17.2 Å². The highest BCUT2D eigenvalue weighted by molar-refractivity contribution is 9.10. The van der Waals surface area contributed by atoms with E-state index in [0.29, 0.717) is 5.75 Å². The average molecular weight is 409 g/mol. The van der Waals surface area contributed by atoms with E-state index in [-0.39, 0.29) is 10.0 Å². The Morgan fingerprint density at radius 1 is 1.16 bits per heavy atom. The molecule has 0 spiro atoms. The minimum Gasteiger partial charge on any atom is -0.481 e. The van der Waals surface area contributed by atoms with E-state index in [2.05, 4.69) is 26.8 Å². The minimum absolute atomic E-state index is 0.0871. The molecule has 5 nitrogen and oxygen atoms in total. The molecule has 0 saturated carbocycles. The standard InChI is InChI=1S/C18H18BrFN2O3/c1-10-5-4-6-16(11(10)2)25-12(3)17(23)21-22-18(24)13-7-8-14(19)15(20)9-13/h4-9,12H,1-3H3,(H,21,23)(H,22,24). The topological polar surface area (TPSA) is 67.4 Å². The molecule has 0 heterocycles. The quantitative estimate of drug-likeness (QED) is 0.761. The zero-order valence-corrected chi connectivity index (χ0v) is 15.6. The molecule has 0 fully saturated rings. The molecule has 7 heteroatoms. The van der Waals surface area contributed by atoms with Crippen molar-refractivity contribution in [1.82, 2.24) is 10.9 Å². The van der Waals surface area contributed by atoms with Gasteiger partial charge in [0.15, 0.2) is 6.10 Å². The number of hydrazine groups is 1. The van der Waals surface area contributed by atoms with E-state index in [1.54, 1.807) is 13.0 Å². The summed E-state index contributed by atoms with van der Waals surface area (Å²) in [5, 5.41) is 0. The Labute approximate surface area is 153 Å². The van der Waals surface area contributed by atoms with Crippen LogP contribution in [-0.4, -0.2) is 17.9 Å². The van der Waals surface area contributed by atoms with Gasteiger partial charge in [0.25, 0.3) is 11.8 Å². The predicted molar refractivity (Wildman–Crippen MR) is 95.7 cm³/mol. The third-order valence-corrected chi connectivity index (χ3v) is 4.35. The van der Waals surface area contributed by atoms with Crippen molar-refractivity contribution in [2.24, 2.45) is 0 Å². The van der Waals surface area contributed by atoms with E-state index < -0.39 is 23.7 Å². The van der Waals surface area contributed by atoms with Crippen molar-refractivity contribution in [3.63, 3.8) is 0 Å². The molecule has 132 valence electrons. The lowest BCUT2D eigenvalue weighted by atomic mass is 10.1. The number of rotatable bonds is 4. The number of amides is 2. The Balaban J connectivity index is 1.93. The summed E-state index contributed by atoms with van der Waals surface area (Å²) in [6, 6.07) is 9.48. The Bertz CT molecular complexity index is 811. The predicted octanol–water partition coefficient (Wildman–Crippen LogP) is 3.43. The Kier molecular flexibility index (Phi) is 6.14. The second kappa shape index (κ2) is 8.11. The zero-order valence-electron chi connectivity index (χ0n) is 14.0. The average Bonchev–Trinajstić information content (AvgIpc) is 2.58. The molecular formula is C18H18BrFN2O3. The molecule has 1 atom stereocenters. The largest absolute Gasteiger partial charge is 0.481 e. The van der Waals surface area contributed by atoms with Crippen LogP contribution in [0.25, 0.3) is 0 Å². The van der Waals surface area contributed by atoms with E-state index in [4.69, 9.17) is 4.74 Å². The van der Waals surface area contributed by atoms with Crippen LogP contribution in [0.1, 0.15) is 28.4 Å². The Hall–Kier alpha value is -2.41. The van der Waals surface area contributed by atoms with Crippen LogP contribution in [0.3, 0.4) is 0 Å². The lowest BCUT2D eigenvalue weighted by molar-refractivity contribution is -0.128. The highest BCUT2D eigenvalue weighted by atomic mass is 79.9. The van der Waals surface area contributed by atoms with Crippen LogP contribution in [0.5, 0.6) is 5.75 Å². The number of benzene rings is 2. The first-order chi connectivity index (χ1) is 11.8. The van der Waals surface area contributed by atoms with Crippen LogP contribution < -0.4 is 15.6 Å². The zero-order chi connectivity index (χ0) is 18.6. The van der Waals surface area contributed by atoms with Crippen molar-refractivity contribution in [2.45, 2.75) is 26.9 Å². The summed E-state index contributed by atoms with van der Waals surface area (Å²) in [7, 11) is 0. The third-order valence-electron chi connectivity index (χ3n) is 3.71. The number of hydrogen-bond acceptors (Lipinski definition) is 3. The molecule has 2 N–H and O–H groups in total. The summed E-state index contributed by atoms with van der Waals surface area (Å²) in [6.45, 7) is 5.42. The van der Waals surface area contributed by atoms with Gasteiger partial charge in [-0.1, -0.05) is 12.1 Å². The number of halogens is 2. The molecule has 0 aromatic heterocycles. The van der Waals surface area contributed by atoms with Gasteiger partial charge < -0.3 is 4.74 Å². The monoisotopic (exact) mass is 408 g/mol. The number of nitrogens with one attached hydrogen (secondary N) is 2. The molecule has 2 aromatic rings. The molecule has 0 bridgehead atoms. The van der Waals surface area contributed by atoms with Gasteiger partial charge in [-0.2, -0.15) is 0 Å². The summed E-state index contributed by atoms with van der Waals surface area (Å²) in [5.74, 6) is -1.11. The highest BCUT2D eigenvalue weighted by Gasteiger charge is 2.17. The molecule has 1 unspecified atom stereocenters. The summed E-state index contributed by atoms with van der Waals surface area (Å²) in [6.07, 6.45) is -0.817. The summed E-state index contributed by atoms with van der Waals surface area (Å²) >= 11 is 3.01. The lowest BCUT2D eigenvalue weighted by Gasteiger charge is -2.17. The van der Waals surface area contributed by atoms with Crippen LogP contribution in [0.4, 0.5) is 4.39 Å². The second-order valence-electron chi connectivity index (χ2n) is 5.53. The maximum atomic E-state index is 13.4. The first-order valence-corrected chi connectivity index (χ1v) is 8.37. The summed E-state index contributed by atoms with van der Waals surface area (Å²) < 4.78 is 19.3. The van der Waals surface area contributed by atoms with Crippen LogP contribution in [-0.2, 0) is 4.79 Å². The van der Waals surface area contributed by atoms with Crippen molar-refractivity contribution < 1.29 is 18.7 Å². The van der Waals surface area contributed by atoms with E-state index in [1.165, 1.54) is 12.1 Å². The van der Waals surface area contributed by atoms with Crippen LogP contribution in [0.2, 0.25) is 0 Å². The molecular weight excluding hydrogens is 391 g/mol. The fraction of sp³-hybridized carbons (Fsp3) is 0.222. The number of ether oxygens (including phenoxy) is 1. The van der Waals surface area contributed by atoms with E-state index in [1.807, 2.05) is 26.0 Å². The van der Waals surface area contributed by atoms with Gasteiger partial charge in [0, 0.05) is 5.56 Å². The molecule has 2 amide bonds. The van der Waals surface area contributed by atoms with E-state index >= 15 is 0 Å². The fourth-order valence-electron chi connectivity index (χ4n) is 2.03. The van der Waals surface area contributed by atoms with Crippen LogP contribution in [0.15, 0.2) is 40.9 Å². The molecule has 0 saturated heterocycles. The number of hydrogen-bond donors (Lipinski definition) is 2. The van der Waals surface area contributed by atoms with Crippen LogP contribution in [0, 0.1) is 19.7 Å².